The van der Waals surface area contributed by atoms with Gasteiger partial charge < -0.3 is 15.4 Å². The Labute approximate surface area is 159 Å². The summed E-state index contributed by atoms with van der Waals surface area (Å²) in [5, 5.41) is 0. The van der Waals surface area contributed by atoms with Crippen LogP contribution in [-0.4, -0.2) is 60.9 Å². The number of halogens is 1. The molecule has 2 fully saturated rings. The molecule has 0 aliphatic carbocycles. The Bertz CT molecular complexity index is 644. The SMILES string of the molecule is NC(=O)C1CCN(C(=O)CN2CCC[C@H](COc3ccc(F)cc3)C2)CC1. The van der Waals surface area contributed by atoms with Crippen LogP contribution in [0.1, 0.15) is 25.7 Å². The fourth-order valence-electron chi connectivity index (χ4n) is 3.88. The molecular weight excluding hydrogens is 349 g/mol. The van der Waals surface area contributed by atoms with Crippen LogP contribution in [0.15, 0.2) is 24.3 Å². The minimum absolute atomic E-state index is 0.1000. The summed E-state index contributed by atoms with van der Waals surface area (Å²) < 4.78 is 18.7. The number of rotatable bonds is 6. The third kappa shape index (κ3) is 5.66. The number of hydrogen-bond acceptors (Lipinski definition) is 4. The molecule has 2 amide bonds. The molecular formula is C20H28FN3O3. The summed E-state index contributed by atoms with van der Waals surface area (Å²) in [4.78, 5) is 27.8. The van der Waals surface area contributed by atoms with Gasteiger partial charge in [0.25, 0.3) is 0 Å². The highest BCUT2D eigenvalue weighted by Gasteiger charge is 2.28. The van der Waals surface area contributed by atoms with Crippen molar-refractivity contribution in [3.05, 3.63) is 30.1 Å². The van der Waals surface area contributed by atoms with Gasteiger partial charge in [-0.15, -0.1) is 0 Å². The van der Waals surface area contributed by atoms with Crippen LogP contribution < -0.4 is 10.5 Å². The van der Waals surface area contributed by atoms with Crippen molar-refractivity contribution in [2.24, 2.45) is 17.6 Å². The van der Waals surface area contributed by atoms with Crippen molar-refractivity contribution in [3.63, 3.8) is 0 Å². The maximum Gasteiger partial charge on any atom is 0.236 e. The van der Waals surface area contributed by atoms with Crippen LogP contribution in [0.2, 0.25) is 0 Å². The van der Waals surface area contributed by atoms with Gasteiger partial charge in [-0.3, -0.25) is 14.5 Å². The number of nitrogens with zero attached hydrogens (tertiary/aromatic N) is 2. The molecule has 1 aromatic carbocycles. The van der Waals surface area contributed by atoms with E-state index >= 15 is 0 Å². The standard InChI is InChI=1S/C20H28FN3O3/c21-17-3-5-18(6-4-17)27-14-15-2-1-9-23(12-15)13-19(25)24-10-7-16(8-11-24)20(22)26/h3-6,15-16H,1-2,7-14H2,(H2,22,26)/t15-/m0/s1. The molecule has 27 heavy (non-hydrogen) atoms. The van der Waals surface area contributed by atoms with Gasteiger partial charge in [0.05, 0.1) is 13.2 Å². The van der Waals surface area contributed by atoms with E-state index in [2.05, 4.69) is 4.90 Å². The van der Waals surface area contributed by atoms with Gasteiger partial charge in [0.2, 0.25) is 11.8 Å². The predicted molar refractivity (Wildman–Crippen MR) is 99.6 cm³/mol. The highest BCUT2D eigenvalue weighted by atomic mass is 19.1. The van der Waals surface area contributed by atoms with E-state index in [9.17, 15) is 14.0 Å². The lowest BCUT2D eigenvalue weighted by molar-refractivity contribution is -0.136. The summed E-state index contributed by atoms with van der Waals surface area (Å²) in [6.07, 6.45) is 3.43. The van der Waals surface area contributed by atoms with Crippen LogP contribution in [0.3, 0.4) is 0 Å². The van der Waals surface area contributed by atoms with E-state index in [4.69, 9.17) is 10.5 Å². The molecule has 0 spiro atoms. The predicted octanol–water partition coefficient (Wildman–Crippen LogP) is 1.64. The Hall–Kier alpha value is -2.15. The maximum atomic E-state index is 12.9. The molecule has 2 saturated heterocycles. The van der Waals surface area contributed by atoms with Crippen LogP contribution in [0.5, 0.6) is 5.75 Å². The van der Waals surface area contributed by atoms with Crippen LogP contribution in [0.4, 0.5) is 4.39 Å². The van der Waals surface area contributed by atoms with Gasteiger partial charge in [0, 0.05) is 31.5 Å². The zero-order valence-corrected chi connectivity index (χ0v) is 15.6. The smallest absolute Gasteiger partial charge is 0.236 e. The Morgan fingerprint density at radius 2 is 1.81 bits per heavy atom. The van der Waals surface area contributed by atoms with Gasteiger partial charge in [0.1, 0.15) is 11.6 Å². The third-order valence-corrected chi connectivity index (χ3v) is 5.51. The molecule has 6 nitrogen and oxygen atoms in total. The molecule has 0 radical (unpaired) electrons. The van der Waals surface area contributed by atoms with E-state index in [1.165, 1.54) is 12.1 Å². The summed E-state index contributed by atoms with van der Waals surface area (Å²) in [6, 6.07) is 6.05. The van der Waals surface area contributed by atoms with Crippen LogP contribution in [0, 0.1) is 17.7 Å². The molecule has 148 valence electrons. The highest BCUT2D eigenvalue weighted by Crippen LogP contribution is 2.20. The van der Waals surface area contributed by atoms with Crippen molar-refractivity contribution in [1.82, 2.24) is 9.80 Å². The molecule has 2 heterocycles. The van der Waals surface area contributed by atoms with Gasteiger partial charge in [-0.2, -0.15) is 0 Å². The number of carbonyl (C=O) groups is 2. The molecule has 0 saturated carbocycles. The lowest BCUT2D eigenvalue weighted by atomic mass is 9.96. The number of primary amides is 1. The second kappa shape index (κ2) is 9.17. The third-order valence-electron chi connectivity index (χ3n) is 5.51. The lowest BCUT2D eigenvalue weighted by Crippen LogP contribution is -2.48. The van der Waals surface area contributed by atoms with Gasteiger partial charge >= 0.3 is 0 Å². The van der Waals surface area contributed by atoms with E-state index in [0.29, 0.717) is 50.8 Å². The monoisotopic (exact) mass is 377 g/mol. The Morgan fingerprint density at radius 1 is 1.11 bits per heavy atom. The van der Waals surface area contributed by atoms with E-state index in [1.807, 2.05) is 4.90 Å². The summed E-state index contributed by atoms with van der Waals surface area (Å²) in [7, 11) is 0. The number of amides is 2. The summed E-state index contributed by atoms with van der Waals surface area (Å²) in [6.45, 7) is 3.94. The first-order valence-corrected chi connectivity index (χ1v) is 9.69. The van der Waals surface area contributed by atoms with E-state index in [-0.39, 0.29) is 23.5 Å². The number of likely N-dealkylation sites (tertiary alicyclic amines) is 2. The minimum atomic E-state index is -0.274. The van der Waals surface area contributed by atoms with Gasteiger partial charge in [0.15, 0.2) is 0 Å². The molecule has 2 N–H and O–H groups in total. The zero-order chi connectivity index (χ0) is 19.2. The first-order chi connectivity index (χ1) is 13.0. The van der Waals surface area contributed by atoms with E-state index in [0.717, 1.165) is 25.9 Å². The van der Waals surface area contributed by atoms with Crippen molar-refractivity contribution in [1.29, 1.82) is 0 Å². The van der Waals surface area contributed by atoms with Gasteiger partial charge in [-0.05, 0) is 56.5 Å². The van der Waals surface area contributed by atoms with Crippen molar-refractivity contribution in [3.8, 4) is 5.75 Å². The number of benzene rings is 1. The lowest BCUT2D eigenvalue weighted by Gasteiger charge is -2.35. The topological polar surface area (TPSA) is 75.9 Å². The molecule has 0 unspecified atom stereocenters. The Balaban J connectivity index is 1.42. The molecule has 0 bridgehead atoms. The molecule has 7 heteroatoms. The molecule has 2 aliphatic heterocycles. The molecule has 0 aromatic heterocycles. The van der Waals surface area contributed by atoms with E-state index < -0.39 is 0 Å². The average molecular weight is 377 g/mol. The summed E-state index contributed by atoms with van der Waals surface area (Å²) >= 11 is 0. The number of nitrogens with two attached hydrogens (primary N) is 1. The molecule has 1 atom stereocenters. The average Bonchev–Trinajstić information content (AvgIpc) is 2.68. The van der Waals surface area contributed by atoms with Gasteiger partial charge in [-0.1, -0.05) is 0 Å². The quantitative estimate of drug-likeness (QED) is 0.818. The van der Waals surface area contributed by atoms with Crippen LogP contribution in [-0.2, 0) is 9.59 Å². The number of hydrogen-bond donors (Lipinski definition) is 1. The first-order valence-electron chi connectivity index (χ1n) is 9.69. The second-order valence-corrected chi connectivity index (χ2v) is 7.57. The Kier molecular flexibility index (Phi) is 6.66. The van der Waals surface area contributed by atoms with E-state index in [1.54, 1.807) is 12.1 Å². The summed E-state index contributed by atoms with van der Waals surface area (Å²) in [5.74, 6) is 0.515. The fourth-order valence-corrected chi connectivity index (χ4v) is 3.88. The summed E-state index contributed by atoms with van der Waals surface area (Å²) in [5.41, 5.74) is 5.35. The Morgan fingerprint density at radius 3 is 2.48 bits per heavy atom. The fraction of sp³-hybridized carbons (Fsp3) is 0.600. The number of ether oxygens (including phenoxy) is 1. The normalized spacial score (nSPS) is 21.8. The number of piperidine rings is 2. The van der Waals surface area contributed by atoms with Crippen molar-refractivity contribution in [2.75, 3.05) is 39.3 Å². The minimum Gasteiger partial charge on any atom is -0.493 e. The van der Waals surface area contributed by atoms with Gasteiger partial charge in [-0.25, -0.2) is 4.39 Å². The first kappa shape index (κ1) is 19.6. The molecule has 1 aromatic rings. The zero-order valence-electron chi connectivity index (χ0n) is 15.6. The van der Waals surface area contributed by atoms with Crippen molar-refractivity contribution in [2.45, 2.75) is 25.7 Å². The van der Waals surface area contributed by atoms with Crippen LogP contribution >= 0.6 is 0 Å². The maximum absolute atomic E-state index is 12.9. The van der Waals surface area contributed by atoms with Crippen molar-refractivity contribution < 1.29 is 18.7 Å². The largest absolute Gasteiger partial charge is 0.493 e. The van der Waals surface area contributed by atoms with Crippen LogP contribution in [0.25, 0.3) is 0 Å². The highest BCUT2D eigenvalue weighted by molar-refractivity contribution is 5.80. The number of carbonyl (C=O) groups excluding carboxylic acids is 2. The second-order valence-electron chi connectivity index (χ2n) is 7.57. The molecule has 3 rings (SSSR count). The van der Waals surface area contributed by atoms with Crippen molar-refractivity contribution >= 4 is 11.8 Å². The molecule has 2 aliphatic rings.